The number of pyridine rings is 2. The zero-order valence-corrected chi connectivity index (χ0v) is 19.5. The Balaban J connectivity index is 0.00000171. The second kappa shape index (κ2) is 11.3. The summed E-state index contributed by atoms with van der Waals surface area (Å²) in [5, 5.41) is 13.2. The fourth-order valence-corrected chi connectivity index (χ4v) is 4.42. The second-order valence-electron chi connectivity index (χ2n) is 7.24. The Kier molecular flexibility index (Phi) is 9.03. The van der Waals surface area contributed by atoms with Crippen LogP contribution in [-0.4, -0.2) is 39.1 Å². The summed E-state index contributed by atoms with van der Waals surface area (Å²) >= 11 is 1.62. The van der Waals surface area contributed by atoms with Crippen molar-refractivity contribution in [2.24, 2.45) is 5.92 Å². The Morgan fingerprint density at radius 1 is 1.19 bits per heavy atom. The molecule has 10 heteroatoms. The molecule has 1 aliphatic heterocycles. The molecule has 0 amide bonds. The summed E-state index contributed by atoms with van der Waals surface area (Å²) < 4.78 is 0. The van der Waals surface area contributed by atoms with Crippen LogP contribution in [-0.2, 0) is 4.79 Å². The number of carbonyl (C=O) groups is 1. The Morgan fingerprint density at radius 3 is 2.68 bits per heavy atom. The summed E-state index contributed by atoms with van der Waals surface area (Å²) in [6, 6.07) is 9.79. The van der Waals surface area contributed by atoms with Gasteiger partial charge < -0.3 is 15.3 Å². The molecule has 0 aliphatic carbocycles. The van der Waals surface area contributed by atoms with E-state index in [1.165, 1.54) is 0 Å². The number of nitrogens with zero attached hydrogens (tertiary/aromatic N) is 4. The Bertz CT molecular complexity index is 1010. The van der Waals surface area contributed by atoms with Crippen molar-refractivity contribution in [1.29, 1.82) is 0 Å². The number of rotatable bonds is 6. The standard InChI is InChI=1S/C21H23N5O2S.2ClH/c1-14-4-3-9-22-20(14)25-18-6-2-5-16(24-18)17-13-23-21(29-17)26-10-7-15(8-11-26)12-19(27)28;;/h2-6,9,13,15H,7-8,10-12H2,1H3,(H,27,28)(H,22,24,25);2*1H. The number of carboxylic acid groups (broad SMARTS) is 1. The van der Waals surface area contributed by atoms with E-state index in [2.05, 4.69) is 20.2 Å². The first-order valence-electron chi connectivity index (χ1n) is 9.67. The third-order valence-electron chi connectivity index (χ3n) is 5.10. The second-order valence-corrected chi connectivity index (χ2v) is 8.25. The molecule has 3 aromatic rings. The van der Waals surface area contributed by atoms with Gasteiger partial charge in [0.15, 0.2) is 5.13 Å². The Labute approximate surface area is 197 Å². The van der Waals surface area contributed by atoms with Gasteiger partial charge in [0, 0.05) is 31.9 Å². The van der Waals surface area contributed by atoms with Gasteiger partial charge in [0.1, 0.15) is 11.6 Å². The van der Waals surface area contributed by atoms with Gasteiger partial charge in [-0.3, -0.25) is 4.79 Å². The van der Waals surface area contributed by atoms with E-state index in [9.17, 15) is 4.79 Å². The van der Waals surface area contributed by atoms with Crippen molar-refractivity contribution in [3.05, 3.63) is 48.3 Å². The van der Waals surface area contributed by atoms with Crippen LogP contribution in [0, 0.1) is 12.8 Å². The molecular formula is C21H25Cl2N5O2S. The molecule has 0 unspecified atom stereocenters. The number of thiazole rings is 1. The highest BCUT2D eigenvalue weighted by atomic mass is 35.5. The number of anilines is 3. The SMILES string of the molecule is Cc1cccnc1Nc1cccc(-c2cnc(N3CCC(CC(=O)O)CC3)s2)n1.Cl.Cl. The van der Waals surface area contributed by atoms with Crippen molar-refractivity contribution < 1.29 is 9.90 Å². The first-order chi connectivity index (χ1) is 14.1. The van der Waals surface area contributed by atoms with E-state index in [0.717, 1.165) is 58.8 Å². The van der Waals surface area contributed by atoms with Gasteiger partial charge in [0.2, 0.25) is 0 Å². The minimum atomic E-state index is -0.708. The van der Waals surface area contributed by atoms with Crippen LogP contribution >= 0.6 is 36.2 Å². The monoisotopic (exact) mass is 481 g/mol. The van der Waals surface area contributed by atoms with Gasteiger partial charge in [-0.25, -0.2) is 15.0 Å². The molecule has 1 fully saturated rings. The van der Waals surface area contributed by atoms with Gasteiger partial charge in [-0.15, -0.1) is 24.8 Å². The summed E-state index contributed by atoms with van der Waals surface area (Å²) in [6.45, 7) is 3.70. The fourth-order valence-electron chi connectivity index (χ4n) is 3.48. The molecule has 0 spiro atoms. The maximum absolute atomic E-state index is 10.9. The van der Waals surface area contributed by atoms with E-state index in [-0.39, 0.29) is 37.2 Å². The number of carboxylic acids is 1. The van der Waals surface area contributed by atoms with Gasteiger partial charge in [-0.05, 0) is 49.4 Å². The Morgan fingerprint density at radius 2 is 1.97 bits per heavy atom. The van der Waals surface area contributed by atoms with Crippen LogP contribution in [0.15, 0.2) is 42.7 Å². The average molecular weight is 482 g/mol. The van der Waals surface area contributed by atoms with Crippen molar-refractivity contribution in [3.63, 3.8) is 0 Å². The first-order valence-corrected chi connectivity index (χ1v) is 10.5. The average Bonchev–Trinajstić information content (AvgIpc) is 3.20. The maximum Gasteiger partial charge on any atom is 0.303 e. The van der Waals surface area contributed by atoms with Crippen LogP contribution in [0.1, 0.15) is 24.8 Å². The lowest BCUT2D eigenvalue weighted by molar-refractivity contribution is -0.138. The van der Waals surface area contributed by atoms with Crippen molar-refractivity contribution in [2.75, 3.05) is 23.3 Å². The fraction of sp³-hybridized carbons (Fsp3) is 0.333. The topological polar surface area (TPSA) is 91.2 Å². The Hall–Kier alpha value is -2.42. The van der Waals surface area contributed by atoms with E-state index < -0.39 is 5.97 Å². The highest BCUT2D eigenvalue weighted by molar-refractivity contribution is 7.18. The van der Waals surface area contributed by atoms with Gasteiger partial charge in [-0.2, -0.15) is 0 Å². The maximum atomic E-state index is 10.9. The lowest BCUT2D eigenvalue weighted by Gasteiger charge is -2.30. The zero-order valence-electron chi connectivity index (χ0n) is 17.0. The van der Waals surface area contributed by atoms with Gasteiger partial charge in [0.25, 0.3) is 0 Å². The quantitative estimate of drug-likeness (QED) is 0.500. The third kappa shape index (κ3) is 6.29. The van der Waals surface area contributed by atoms with E-state index in [1.807, 2.05) is 43.5 Å². The lowest BCUT2D eigenvalue weighted by Crippen LogP contribution is -2.34. The van der Waals surface area contributed by atoms with E-state index in [0.29, 0.717) is 0 Å². The number of piperidine rings is 1. The van der Waals surface area contributed by atoms with Gasteiger partial charge in [0.05, 0.1) is 10.6 Å². The molecule has 4 rings (SSSR count). The number of halogens is 2. The number of hydrogen-bond donors (Lipinski definition) is 2. The minimum absolute atomic E-state index is 0. The van der Waals surface area contributed by atoms with Crippen LogP contribution in [0.4, 0.5) is 16.8 Å². The highest BCUT2D eigenvalue weighted by Crippen LogP contribution is 2.33. The van der Waals surface area contributed by atoms with Crippen molar-refractivity contribution in [3.8, 4) is 10.6 Å². The molecule has 0 radical (unpaired) electrons. The van der Waals surface area contributed by atoms with E-state index in [4.69, 9.17) is 10.1 Å². The molecule has 7 nitrogen and oxygen atoms in total. The smallest absolute Gasteiger partial charge is 0.303 e. The molecule has 3 aromatic heterocycles. The summed E-state index contributed by atoms with van der Waals surface area (Å²) in [4.78, 5) is 27.8. The molecule has 0 bridgehead atoms. The van der Waals surface area contributed by atoms with Crippen LogP contribution < -0.4 is 10.2 Å². The number of nitrogens with one attached hydrogen (secondary N) is 1. The van der Waals surface area contributed by atoms with E-state index >= 15 is 0 Å². The minimum Gasteiger partial charge on any atom is -0.481 e. The summed E-state index contributed by atoms with van der Waals surface area (Å²) in [5.74, 6) is 1.10. The van der Waals surface area contributed by atoms with Crippen LogP contribution in [0.5, 0.6) is 0 Å². The normalized spacial score (nSPS) is 13.8. The van der Waals surface area contributed by atoms with Crippen molar-refractivity contribution in [2.45, 2.75) is 26.2 Å². The molecule has 0 aromatic carbocycles. The van der Waals surface area contributed by atoms with Crippen molar-refractivity contribution >= 4 is 58.9 Å². The van der Waals surface area contributed by atoms with Gasteiger partial charge in [-0.1, -0.05) is 23.5 Å². The predicted molar refractivity (Wildman–Crippen MR) is 129 cm³/mol. The third-order valence-corrected chi connectivity index (χ3v) is 6.18. The number of aliphatic carboxylic acids is 1. The molecule has 166 valence electrons. The molecule has 4 heterocycles. The number of hydrogen-bond acceptors (Lipinski definition) is 7. The highest BCUT2D eigenvalue weighted by Gasteiger charge is 2.23. The molecule has 1 saturated heterocycles. The molecule has 2 N–H and O–H groups in total. The predicted octanol–water partition coefficient (Wildman–Crippen LogP) is 5.19. The zero-order chi connectivity index (χ0) is 20.2. The molecule has 0 atom stereocenters. The number of aryl methyl sites for hydroxylation is 1. The van der Waals surface area contributed by atoms with Crippen LogP contribution in [0.2, 0.25) is 0 Å². The number of aromatic nitrogens is 3. The molecular weight excluding hydrogens is 457 g/mol. The molecule has 31 heavy (non-hydrogen) atoms. The lowest BCUT2D eigenvalue weighted by atomic mass is 9.94. The van der Waals surface area contributed by atoms with E-state index in [1.54, 1.807) is 17.5 Å². The largest absolute Gasteiger partial charge is 0.481 e. The van der Waals surface area contributed by atoms with Crippen molar-refractivity contribution in [1.82, 2.24) is 15.0 Å². The molecule has 0 saturated carbocycles. The summed E-state index contributed by atoms with van der Waals surface area (Å²) in [6.07, 6.45) is 5.66. The van der Waals surface area contributed by atoms with Crippen LogP contribution in [0.3, 0.4) is 0 Å². The molecule has 1 aliphatic rings. The van der Waals surface area contributed by atoms with Crippen LogP contribution in [0.25, 0.3) is 10.6 Å². The first kappa shape index (κ1) is 24.8. The summed E-state index contributed by atoms with van der Waals surface area (Å²) in [5.41, 5.74) is 1.93. The summed E-state index contributed by atoms with van der Waals surface area (Å²) in [7, 11) is 0. The van der Waals surface area contributed by atoms with Gasteiger partial charge >= 0.3 is 5.97 Å².